The fourth-order valence-electron chi connectivity index (χ4n) is 3.32. The van der Waals surface area contributed by atoms with Crippen molar-refractivity contribution in [2.75, 3.05) is 6.61 Å². The minimum absolute atomic E-state index is 0.0756. The maximum Gasteiger partial charge on any atom is 0.264 e. The molecule has 1 aliphatic heterocycles. The molecule has 0 bridgehead atoms. The topological polar surface area (TPSA) is 73.6 Å². The van der Waals surface area contributed by atoms with Gasteiger partial charge in [0.05, 0.1) is 11.7 Å². The van der Waals surface area contributed by atoms with E-state index in [0.717, 1.165) is 19.4 Å². The average Bonchev–Trinajstić information content (AvgIpc) is 2.34. The van der Waals surface area contributed by atoms with E-state index in [9.17, 15) is 4.79 Å². The van der Waals surface area contributed by atoms with Crippen molar-refractivity contribution in [1.82, 2.24) is 5.48 Å². The molecule has 3 atom stereocenters. The Labute approximate surface area is 115 Å². The van der Waals surface area contributed by atoms with Gasteiger partial charge in [-0.25, -0.2) is 5.48 Å². The molecule has 0 aromatic carbocycles. The monoisotopic (exact) mass is 270 g/mol. The van der Waals surface area contributed by atoms with Gasteiger partial charge >= 0.3 is 0 Å². The molecule has 110 valence electrons. The van der Waals surface area contributed by atoms with Crippen LogP contribution in [0.1, 0.15) is 47.5 Å². The molecule has 2 fully saturated rings. The number of hydrogen-bond acceptors (Lipinski definition) is 4. The van der Waals surface area contributed by atoms with Crippen LogP contribution in [0, 0.1) is 11.3 Å². The minimum atomic E-state index is -0.913. The highest BCUT2D eigenvalue weighted by Gasteiger charge is 2.70. The molecule has 5 nitrogen and oxygen atoms in total. The highest BCUT2D eigenvalue weighted by atomic mass is 16.7. The lowest BCUT2D eigenvalue weighted by Crippen LogP contribution is -2.82. The van der Waals surface area contributed by atoms with Gasteiger partial charge in [-0.05, 0) is 33.6 Å². The van der Waals surface area contributed by atoms with E-state index in [4.69, 9.17) is 15.3 Å². The van der Waals surface area contributed by atoms with Crippen LogP contribution in [-0.4, -0.2) is 29.8 Å². The molecule has 2 rings (SSSR count). The maximum absolute atomic E-state index is 12.4. The predicted octanol–water partition coefficient (Wildman–Crippen LogP) is 1.37. The van der Waals surface area contributed by atoms with E-state index in [1.807, 2.05) is 34.6 Å². The number of fused-ring (bicyclic) bond motifs is 1. The Bertz CT molecular complexity index is 375. The molecule has 0 aromatic rings. The Morgan fingerprint density at radius 2 is 2.05 bits per heavy atom. The molecule has 1 saturated carbocycles. The number of hydrogen-bond donors (Lipinski definition) is 2. The largest absolute Gasteiger partial charge is 0.377 e. The second-order valence-corrected chi connectivity index (χ2v) is 7.28. The maximum atomic E-state index is 12.4. The van der Waals surface area contributed by atoms with Crippen molar-refractivity contribution in [1.29, 1.82) is 0 Å². The molecular weight excluding hydrogens is 244 g/mol. The van der Waals surface area contributed by atoms with Crippen LogP contribution in [-0.2, 0) is 14.4 Å². The number of ether oxygens (including phenoxy) is 1. The Hall–Kier alpha value is -0.650. The van der Waals surface area contributed by atoms with Gasteiger partial charge in [0, 0.05) is 17.9 Å². The predicted molar refractivity (Wildman–Crippen MR) is 72.1 cm³/mol. The molecule has 3 unspecified atom stereocenters. The normalized spacial score (nSPS) is 37.2. The summed E-state index contributed by atoms with van der Waals surface area (Å²) in [5, 5.41) is 0. The Kier molecular flexibility index (Phi) is 3.44. The van der Waals surface area contributed by atoms with E-state index in [-0.39, 0.29) is 23.3 Å². The Balaban J connectivity index is 2.10. The molecule has 1 saturated heterocycles. The van der Waals surface area contributed by atoms with E-state index in [1.165, 1.54) is 0 Å². The average molecular weight is 270 g/mol. The van der Waals surface area contributed by atoms with E-state index in [2.05, 4.69) is 5.48 Å². The first-order chi connectivity index (χ1) is 8.61. The van der Waals surface area contributed by atoms with Gasteiger partial charge in [0.25, 0.3) is 5.91 Å². The molecule has 0 radical (unpaired) electrons. The molecule has 0 spiro atoms. The van der Waals surface area contributed by atoms with Crippen LogP contribution < -0.4 is 11.2 Å². The van der Waals surface area contributed by atoms with Gasteiger partial charge < -0.3 is 10.5 Å². The van der Waals surface area contributed by atoms with Crippen molar-refractivity contribution < 1.29 is 14.4 Å². The van der Waals surface area contributed by atoms with Crippen molar-refractivity contribution in [3.63, 3.8) is 0 Å². The highest BCUT2D eigenvalue weighted by molar-refractivity contribution is 5.88. The number of hydroxylamine groups is 1. The molecule has 3 N–H and O–H groups in total. The second kappa shape index (κ2) is 4.43. The third kappa shape index (κ3) is 2.18. The molecule has 1 heterocycles. The zero-order chi connectivity index (χ0) is 14.5. The van der Waals surface area contributed by atoms with Crippen molar-refractivity contribution in [3.8, 4) is 0 Å². The second-order valence-electron chi connectivity index (χ2n) is 7.28. The summed E-state index contributed by atoms with van der Waals surface area (Å²) in [4.78, 5) is 17.8. The first-order valence-electron chi connectivity index (χ1n) is 6.99. The molecular formula is C14H26N2O3. The number of nitrogens with two attached hydrogens (primary N) is 1. The van der Waals surface area contributed by atoms with Gasteiger partial charge in [-0.1, -0.05) is 13.8 Å². The van der Waals surface area contributed by atoms with E-state index in [1.54, 1.807) is 0 Å². The standard InChI is InChI=1S/C14H26N2O3/c1-12(2,3)19-16-11(17)14(15)9-7-6-8-18-10(9)13(14,4)5/h9-10H,6-8,15H2,1-5H3,(H,16,17). The summed E-state index contributed by atoms with van der Waals surface area (Å²) >= 11 is 0. The minimum Gasteiger partial charge on any atom is -0.377 e. The van der Waals surface area contributed by atoms with Gasteiger partial charge in [-0.2, -0.15) is 0 Å². The van der Waals surface area contributed by atoms with Crippen LogP contribution in [0.5, 0.6) is 0 Å². The zero-order valence-corrected chi connectivity index (χ0v) is 12.6. The molecule has 2 aliphatic rings. The van der Waals surface area contributed by atoms with Crippen LogP contribution >= 0.6 is 0 Å². The number of amides is 1. The van der Waals surface area contributed by atoms with Crippen molar-refractivity contribution in [2.24, 2.45) is 17.1 Å². The smallest absolute Gasteiger partial charge is 0.264 e. The summed E-state index contributed by atoms with van der Waals surface area (Å²) in [5.41, 5.74) is 7.26. The van der Waals surface area contributed by atoms with Crippen LogP contribution in [0.2, 0.25) is 0 Å². The van der Waals surface area contributed by atoms with Gasteiger partial charge in [-0.15, -0.1) is 0 Å². The van der Waals surface area contributed by atoms with Crippen LogP contribution in [0.15, 0.2) is 0 Å². The highest BCUT2D eigenvalue weighted by Crippen LogP contribution is 2.57. The third-order valence-electron chi connectivity index (χ3n) is 4.51. The fraction of sp³-hybridized carbons (Fsp3) is 0.929. The van der Waals surface area contributed by atoms with Crippen molar-refractivity contribution in [3.05, 3.63) is 0 Å². The number of rotatable bonds is 2. The summed E-state index contributed by atoms with van der Waals surface area (Å²) in [5.74, 6) is -0.154. The van der Waals surface area contributed by atoms with E-state index in [0.29, 0.717) is 0 Å². The molecule has 1 aliphatic carbocycles. The molecule has 19 heavy (non-hydrogen) atoms. The van der Waals surface area contributed by atoms with Crippen LogP contribution in [0.4, 0.5) is 0 Å². The van der Waals surface area contributed by atoms with Crippen molar-refractivity contribution in [2.45, 2.75) is 64.7 Å². The molecule has 0 aromatic heterocycles. The first-order valence-corrected chi connectivity index (χ1v) is 6.99. The third-order valence-corrected chi connectivity index (χ3v) is 4.51. The summed E-state index contributed by atoms with van der Waals surface area (Å²) in [6.07, 6.45) is 1.98. The first kappa shape index (κ1) is 14.8. The summed E-state index contributed by atoms with van der Waals surface area (Å²) < 4.78 is 5.78. The number of nitrogens with one attached hydrogen (secondary N) is 1. The van der Waals surface area contributed by atoms with Gasteiger partial charge in [-0.3, -0.25) is 9.63 Å². The zero-order valence-electron chi connectivity index (χ0n) is 12.6. The fourth-order valence-corrected chi connectivity index (χ4v) is 3.32. The summed E-state index contributed by atoms with van der Waals surface area (Å²) in [6, 6.07) is 0. The Morgan fingerprint density at radius 3 is 2.63 bits per heavy atom. The van der Waals surface area contributed by atoms with Gasteiger partial charge in [0.1, 0.15) is 5.54 Å². The summed E-state index contributed by atoms with van der Waals surface area (Å²) in [7, 11) is 0. The molecule has 5 heteroatoms. The van der Waals surface area contributed by atoms with Crippen LogP contribution in [0.3, 0.4) is 0 Å². The SMILES string of the molecule is CC(C)(C)ONC(=O)C1(N)C2CCCOC2C1(C)C. The lowest BCUT2D eigenvalue weighted by Gasteiger charge is -2.64. The number of carbonyl (C=O) groups is 1. The van der Waals surface area contributed by atoms with E-state index < -0.39 is 11.1 Å². The Morgan fingerprint density at radius 1 is 1.42 bits per heavy atom. The van der Waals surface area contributed by atoms with Crippen molar-refractivity contribution >= 4 is 5.91 Å². The molecule has 1 amide bonds. The summed E-state index contributed by atoms with van der Waals surface area (Å²) in [6.45, 7) is 10.4. The number of carbonyl (C=O) groups excluding carboxylic acids is 1. The van der Waals surface area contributed by atoms with E-state index >= 15 is 0 Å². The van der Waals surface area contributed by atoms with Crippen LogP contribution in [0.25, 0.3) is 0 Å². The quantitative estimate of drug-likeness (QED) is 0.743. The lowest BCUT2D eigenvalue weighted by atomic mass is 9.46. The van der Waals surface area contributed by atoms with Gasteiger partial charge in [0.15, 0.2) is 0 Å². The van der Waals surface area contributed by atoms with Gasteiger partial charge in [0.2, 0.25) is 0 Å². The lowest BCUT2D eigenvalue weighted by molar-refractivity contribution is -0.232.